The van der Waals surface area contributed by atoms with Crippen LogP contribution in [-0.4, -0.2) is 41.6 Å². The highest BCUT2D eigenvalue weighted by Crippen LogP contribution is 2.02. The maximum atomic E-state index is 11.7. The molecule has 0 aromatic rings. The van der Waals surface area contributed by atoms with Gasteiger partial charge in [0.15, 0.2) is 0 Å². The molecule has 0 aliphatic rings. The van der Waals surface area contributed by atoms with Crippen molar-refractivity contribution in [3.05, 3.63) is 24.4 Å². The number of carbonyl (C=O) groups excluding carboxylic acids is 1. The highest BCUT2D eigenvalue weighted by atomic mass is 32.2. The van der Waals surface area contributed by atoms with Gasteiger partial charge in [-0.05, 0) is 18.4 Å². The number of carbonyl (C=O) groups is 2. The number of nitrogens with one attached hydrogen (secondary N) is 2. The van der Waals surface area contributed by atoms with Crippen molar-refractivity contribution >= 4 is 23.6 Å². The Bertz CT molecular complexity index is 402. The SMILES string of the molecule is C=CCN/C=C(/C#N)C(=O)NC(CCSC)C(=O)O. The van der Waals surface area contributed by atoms with E-state index in [0.717, 1.165) is 0 Å². The molecule has 3 N–H and O–H groups in total. The Labute approximate surface area is 116 Å². The number of nitriles is 1. The van der Waals surface area contributed by atoms with E-state index in [1.54, 1.807) is 12.1 Å². The van der Waals surface area contributed by atoms with E-state index in [0.29, 0.717) is 18.7 Å². The second-order valence-corrected chi connectivity index (χ2v) is 4.50. The van der Waals surface area contributed by atoms with Gasteiger partial charge < -0.3 is 15.7 Å². The summed E-state index contributed by atoms with van der Waals surface area (Å²) in [6.07, 6.45) is 4.97. The molecule has 0 heterocycles. The first-order valence-electron chi connectivity index (χ1n) is 5.54. The lowest BCUT2D eigenvalue weighted by Gasteiger charge is -2.13. The van der Waals surface area contributed by atoms with Crippen LogP contribution in [0.25, 0.3) is 0 Å². The molecule has 0 bridgehead atoms. The summed E-state index contributed by atoms with van der Waals surface area (Å²) < 4.78 is 0. The molecule has 0 saturated heterocycles. The summed E-state index contributed by atoms with van der Waals surface area (Å²) in [5.41, 5.74) is -0.169. The van der Waals surface area contributed by atoms with E-state index in [9.17, 15) is 9.59 Å². The average Bonchev–Trinajstić information content (AvgIpc) is 2.39. The normalized spacial score (nSPS) is 12.1. The van der Waals surface area contributed by atoms with E-state index < -0.39 is 17.9 Å². The number of amides is 1. The predicted octanol–water partition coefficient (Wildman–Crippen LogP) is 0.492. The fraction of sp³-hybridized carbons (Fsp3) is 0.417. The van der Waals surface area contributed by atoms with Crippen molar-refractivity contribution in [1.82, 2.24) is 10.6 Å². The second-order valence-electron chi connectivity index (χ2n) is 3.51. The van der Waals surface area contributed by atoms with Gasteiger partial charge in [0.2, 0.25) is 0 Å². The van der Waals surface area contributed by atoms with E-state index in [1.165, 1.54) is 18.0 Å². The highest BCUT2D eigenvalue weighted by molar-refractivity contribution is 7.98. The van der Waals surface area contributed by atoms with Crippen LogP contribution >= 0.6 is 11.8 Å². The Morgan fingerprint density at radius 1 is 1.58 bits per heavy atom. The molecule has 1 amide bonds. The number of hydrogen-bond acceptors (Lipinski definition) is 5. The topological polar surface area (TPSA) is 102 Å². The molecule has 1 atom stereocenters. The van der Waals surface area contributed by atoms with Crippen molar-refractivity contribution < 1.29 is 14.7 Å². The Balaban J connectivity index is 4.60. The summed E-state index contributed by atoms with van der Waals surface area (Å²) in [5, 5.41) is 22.8. The van der Waals surface area contributed by atoms with Crippen LogP contribution in [0.3, 0.4) is 0 Å². The van der Waals surface area contributed by atoms with Gasteiger partial charge in [-0.2, -0.15) is 17.0 Å². The molecule has 0 spiro atoms. The monoisotopic (exact) mass is 283 g/mol. The summed E-state index contributed by atoms with van der Waals surface area (Å²) in [6, 6.07) is 0.726. The zero-order chi connectivity index (χ0) is 14.7. The maximum absolute atomic E-state index is 11.7. The number of carboxylic acids is 1. The van der Waals surface area contributed by atoms with E-state index >= 15 is 0 Å². The molecule has 0 aliphatic carbocycles. The van der Waals surface area contributed by atoms with Crippen molar-refractivity contribution in [1.29, 1.82) is 5.26 Å². The minimum atomic E-state index is -1.11. The van der Waals surface area contributed by atoms with Gasteiger partial charge in [-0.25, -0.2) is 4.79 Å². The third kappa shape index (κ3) is 7.16. The maximum Gasteiger partial charge on any atom is 0.326 e. The van der Waals surface area contributed by atoms with Crippen molar-refractivity contribution in [2.24, 2.45) is 0 Å². The lowest BCUT2D eigenvalue weighted by atomic mass is 10.2. The first-order chi connectivity index (χ1) is 9.06. The molecule has 0 aromatic carbocycles. The Hall–Kier alpha value is -1.94. The molecule has 6 nitrogen and oxygen atoms in total. The molecule has 7 heteroatoms. The molecular formula is C12H17N3O3S. The third-order valence-electron chi connectivity index (χ3n) is 2.09. The van der Waals surface area contributed by atoms with Gasteiger partial charge in [-0.15, -0.1) is 6.58 Å². The van der Waals surface area contributed by atoms with Crippen LogP contribution in [0.2, 0.25) is 0 Å². The zero-order valence-electron chi connectivity index (χ0n) is 10.7. The minimum absolute atomic E-state index is 0.169. The zero-order valence-corrected chi connectivity index (χ0v) is 11.5. The molecule has 0 aromatic heterocycles. The first kappa shape index (κ1) is 17.1. The first-order valence-corrected chi connectivity index (χ1v) is 6.93. The number of aliphatic carboxylic acids is 1. The lowest BCUT2D eigenvalue weighted by molar-refractivity contribution is -0.141. The van der Waals surface area contributed by atoms with Crippen molar-refractivity contribution in [2.45, 2.75) is 12.5 Å². The van der Waals surface area contributed by atoms with Crippen LogP contribution in [0, 0.1) is 11.3 Å². The van der Waals surface area contributed by atoms with Gasteiger partial charge in [0.25, 0.3) is 5.91 Å². The third-order valence-corrected chi connectivity index (χ3v) is 2.73. The van der Waals surface area contributed by atoms with Gasteiger partial charge in [0, 0.05) is 12.7 Å². The number of rotatable bonds is 9. The standard InChI is InChI=1S/C12H17N3O3S/c1-3-5-14-8-9(7-13)11(16)15-10(12(17)18)4-6-19-2/h3,8,10,14H,1,4-6H2,2H3,(H,15,16)(H,17,18)/b9-8-. The van der Waals surface area contributed by atoms with Gasteiger partial charge in [0.05, 0.1) is 0 Å². The van der Waals surface area contributed by atoms with Crippen LogP contribution in [0.5, 0.6) is 0 Å². The average molecular weight is 283 g/mol. The van der Waals surface area contributed by atoms with Crippen molar-refractivity contribution in [3.8, 4) is 6.07 Å². The molecule has 104 valence electrons. The van der Waals surface area contributed by atoms with Gasteiger partial charge in [-0.1, -0.05) is 6.08 Å². The molecular weight excluding hydrogens is 266 g/mol. The van der Waals surface area contributed by atoms with Crippen LogP contribution in [0.4, 0.5) is 0 Å². The molecule has 1 unspecified atom stereocenters. The smallest absolute Gasteiger partial charge is 0.326 e. The fourth-order valence-corrected chi connectivity index (χ4v) is 1.59. The lowest BCUT2D eigenvalue weighted by Crippen LogP contribution is -2.41. The summed E-state index contributed by atoms with van der Waals surface area (Å²) in [5.74, 6) is -1.20. The fourth-order valence-electron chi connectivity index (χ4n) is 1.12. The largest absolute Gasteiger partial charge is 0.480 e. The van der Waals surface area contributed by atoms with Crippen LogP contribution in [-0.2, 0) is 9.59 Å². The van der Waals surface area contributed by atoms with Crippen LogP contribution in [0.1, 0.15) is 6.42 Å². The molecule has 19 heavy (non-hydrogen) atoms. The van der Waals surface area contributed by atoms with Crippen LogP contribution in [0.15, 0.2) is 24.4 Å². The number of hydrogen-bond donors (Lipinski definition) is 3. The summed E-state index contributed by atoms with van der Waals surface area (Å²) in [7, 11) is 0. The summed E-state index contributed by atoms with van der Waals surface area (Å²) in [4.78, 5) is 22.7. The quantitative estimate of drug-likeness (QED) is 0.246. The van der Waals surface area contributed by atoms with E-state index in [-0.39, 0.29) is 5.57 Å². The Kier molecular flexibility index (Phi) is 9.00. The minimum Gasteiger partial charge on any atom is -0.480 e. The predicted molar refractivity (Wildman–Crippen MR) is 74.5 cm³/mol. The number of carboxylic acid groups (broad SMARTS) is 1. The van der Waals surface area contributed by atoms with Crippen molar-refractivity contribution in [2.75, 3.05) is 18.6 Å². The molecule has 0 rings (SSSR count). The van der Waals surface area contributed by atoms with Crippen molar-refractivity contribution in [3.63, 3.8) is 0 Å². The molecule has 0 fully saturated rings. The summed E-state index contributed by atoms with van der Waals surface area (Å²) in [6.45, 7) is 3.89. The molecule has 0 radical (unpaired) electrons. The number of thioether (sulfide) groups is 1. The van der Waals surface area contributed by atoms with Gasteiger partial charge in [0.1, 0.15) is 17.7 Å². The second kappa shape index (κ2) is 10.0. The highest BCUT2D eigenvalue weighted by Gasteiger charge is 2.21. The van der Waals surface area contributed by atoms with E-state index in [2.05, 4.69) is 17.2 Å². The van der Waals surface area contributed by atoms with E-state index in [4.69, 9.17) is 10.4 Å². The van der Waals surface area contributed by atoms with Gasteiger partial charge >= 0.3 is 5.97 Å². The molecule has 0 aliphatic heterocycles. The summed E-state index contributed by atoms with van der Waals surface area (Å²) >= 11 is 1.49. The Morgan fingerprint density at radius 3 is 2.74 bits per heavy atom. The van der Waals surface area contributed by atoms with Gasteiger partial charge in [-0.3, -0.25) is 4.79 Å². The Morgan fingerprint density at radius 2 is 2.26 bits per heavy atom. The number of nitrogens with zero attached hydrogens (tertiary/aromatic N) is 1. The molecule has 0 saturated carbocycles. The van der Waals surface area contributed by atoms with E-state index in [1.807, 2.05) is 6.26 Å². The van der Waals surface area contributed by atoms with Crippen LogP contribution < -0.4 is 10.6 Å².